The molecule has 4 rings (SSSR count). The number of imide groups is 1. The van der Waals surface area contributed by atoms with Crippen LogP contribution in [-0.4, -0.2) is 59.4 Å². The fourth-order valence-corrected chi connectivity index (χ4v) is 5.14. The van der Waals surface area contributed by atoms with Crippen molar-refractivity contribution in [3.63, 3.8) is 0 Å². The molecule has 2 heterocycles. The second kappa shape index (κ2) is 11.2. The van der Waals surface area contributed by atoms with Gasteiger partial charge >= 0.3 is 12.1 Å². The number of carboxylic acid groups (broad SMARTS) is 1. The number of rotatable bonds is 5. The average Bonchev–Trinajstić information content (AvgIpc) is 2.94. The SMILES string of the molecule is O=C(O)C(F)(F)F.O=C1c2ccccc2C(=O)N1CCCSc1c(Cl)ccc2c1CCNCC2. The van der Waals surface area contributed by atoms with E-state index in [1.807, 2.05) is 6.07 Å². The summed E-state index contributed by atoms with van der Waals surface area (Å²) < 4.78 is 31.7. The summed E-state index contributed by atoms with van der Waals surface area (Å²) in [6, 6.07) is 11.1. The molecule has 34 heavy (non-hydrogen) atoms. The molecule has 0 saturated carbocycles. The number of benzene rings is 2. The molecule has 0 atom stereocenters. The van der Waals surface area contributed by atoms with Gasteiger partial charge in [-0.3, -0.25) is 14.5 Å². The van der Waals surface area contributed by atoms with Crippen LogP contribution in [-0.2, 0) is 17.6 Å². The third kappa shape index (κ3) is 6.11. The Labute approximate surface area is 203 Å². The molecular weight excluding hydrogens is 493 g/mol. The Morgan fingerprint density at radius 3 is 2.24 bits per heavy atom. The number of nitrogens with one attached hydrogen (secondary N) is 1. The van der Waals surface area contributed by atoms with Crippen LogP contribution in [0.1, 0.15) is 38.3 Å². The van der Waals surface area contributed by atoms with E-state index in [4.69, 9.17) is 21.5 Å². The average molecular weight is 515 g/mol. The summed E-state index contributed by atoms with van der Waals surface area (Å²) in [4.78, 5) is 36.3. The van der Waals surface area contributed by atoms with Crippen molar-refractivity contribution in [1.82, 2.24) is 10.2 Å². The maximum Gasteiger partial charge on any atom is 0.490 e. The molecule has 2 aromatic carbocycles. The molecule has 0 saturated heterocycles. The van der Waals surface area contributed by atoms with Crippen molar-refractivity contribution in [2.45, 2.75) is 30.3 Å². The summed E-state index contributed by atoms with van der Waals surface area (Å²) in [5, 5.41) is 11.3. The van der Waals surface area contributed by atoms with E-state index in [1.165, 1.54) is 16.0 Å². The van der Waals surface area contributed by atoms with Gasteiger partial charge < -0.3 is 10.4 Å². The lowest BCUT2D eigenvalue weighted by Crippen LogP contribution is -2.31. The second-order valence-corrected chi connectivity index (χ2v) is 9.09. The fraction of sp³-hybridized carbons (Fsp3) is 0.348. The lowest BCUT2D eigenvalue weighted by atomic mass is 10.0. The number of aliphatic carboxylic acids is 1. The molecule has 0 fully saturated rings. The maximum atomic E-state index is 12.4. The molecule has 11 heteroatoms. The standard InChI is InChI=1S/C21H21ClN2O2S.C2HF3O2/c22-18-7-6-14-8-10-23-11-9-15(14)19(18)27-13-3-12-24-20(25)16-4-1-2-5-17(16)21(24)26;3-2(4,5)1(6)7/h1-2,4-7,23H,3,8-13H2;(H,6,7). The number of thioether (sulfide) groups is 1. The topological polar surface area (TPSA) is 86.7 Å². The third-order valence-electron chi connectivity index (χ3n) is 5.33. The predicted molar refractivity (Wildman–Crippen MR) is 123 cm³/mol. The molecule has 2 aliphatic heterocycles. The van der Waals surface area contributed by atoms with Gasteiger partial charge in [0.25, 0.3) is 11.8 Å². The Balaban J connectivity index is 0.000000406. The first-order chi connectivity index (χ1) is 16.1. The van der Waals surface area contributed by atoms with Crippen LogP contribution in [0.25, 0.3) is 0 Å². The first-order valence-electron chi connectivity index (χ1n) is 10.5. The lowest BCUT2D eigenvalue weighted by molar-refractivity contribution is -0.192. The predicted octanol–water partition coefficient (Wildman–Crippen LogP) is 4.44. The Morgan fingerprint density at radius 1 is 1.06 bits per heavy atom. The van der Waals surface area contributed by atoms with Crippen molar-refractivity contribution >= 4 is 41.1 Å². The van der Waals surface area contributed by atoms with Crippen LogP contribution in [0.3, 0.4) is 0 Å². The first kappa shape index (κ1) is 26.1. The molecule has 2 N–H and O–H groups in total. The van der Waals surface area contributed by atoms with Gasteiger partial charge in [0.2, 0.25) is 0 Å². The summed E-state index contributed by atoms with van der Waals surface area (Å²) in [6.45, 7) is 2.40. The number of hydrogen-bond acceptors (Lipinski definition) is 5. The Morgan fingerprint density at radius 2 is 1.65 bits per heavy atom. The van der Waals surface area contributed by atoms with E-state index in [9.17, 15) is 22.8 Å². The minimum atomic E-state index is -5.08. The second-order valence-electron chi connectivity index (χ2n) is 7.58. The molecule has 0 radical (unpaired) electrons. The highest BCUT2D eigenvalue weighted by atomic mass is 35.5. The molecule has 6 nitrogen and oxygen atoms in total. The van der Waals surface area contributed by atoms with Gasteiger partial charge in [0, 0.05) is 11.4 Å². The van der Waals surface area contributed by atoms with Gasteiger partial charge in [0.1, 0.15) is 0 Å². The van der Waals surface area contributed by atoms with Gasteiger partial charge in [-0.1, -0.05) is 29.8 Å². The molecule has 0 spiro atoms. The normalized spacial score (nSPS) is 15.2. The van der Waals surface area contributed by atoms with Crippen molar-refractivity contribution in [2.24, 2.45) is 0 Å². The van der Waals surface area contributed by atoms with Gasteiger partial charge in [-0.05, 0) is 67.4 Å². The van der Waals surface area contributed by atoms with Crippen molar-refractivity contribution in [3.8, 4) is 0 Å². The minimum Gasteiger partial charge on any atom is -0.475 e. The third-order valence-corrected chi connectivity index (χ3v) is 7.00. The molecule has 0 bridgehead atoms. The molecular formula is C23H22ClF3N2O4S. The van der Waals surface area contributed by atoms with Crippen LogP contribution in [0, 0.1) is 0 Å². The number of alkyl halides is 3. The van der Waals surface area contributed by atoms with Crippen LogP contribution < -0.4 is 5.32 Å². The fourth-order valence-electron chi connectivity index (χ4n) is 3.70. The zero-order valence-electron chi connectivity index (χ0n) is 18.0. The highest BCUT2D eigenvalue weighted by molar-refractivity contribution is 7.99. The molecule has 2 aliphatic rings. The highest BCUT2D eigenvalue weighted by Gasteiger charge is 2.38. The Bertz CT molecular complexity index is 1060. The molecule has 2 aromatic rings. The Kier molecular flexibility index (Phi) is 8.62. The number of carbonyl (C=O) groups is 3. The van der Waals surface area contributed by atoms with E-state index < -0.39 is 12.1 Å². The van der Waals surface area contributed by atoms with Gasteiger partial charge in [-0.2, -0.15) is 13.2 Å². The van der Waals surface area contributed by atoms with Gasteiger partial charge in [0.15, 0.2) is 0 Å². The van der Waals surface area contributed by atoms with Gasteiger partial charge in [-0.15, -0.1) is 11.8 Å². The van der Waals surface area contributed by atoms with E-state index in [-0.39, 0.29) is 11.8 Å². The van der Waals surface area contributed by atoms with E-state index in [0.29, 0.717) is 17.7 Å². The van der Waals surface area contributed by atoms with Crippen molar-refractivity contribution in [1.29, 1.82) is 0 Å². The van der Waals surface area contributed by atoms with Crippen LogP contribution >= 0.6 is 23.4 Å². The Hall–Kier alpha value is -2.56. The van der Waals surface area contributed by atoms with Gasteiger partial charge in [-0.25, -0.2) is 4.79 Å². The zero-order chi connectivity index (χ0) is 24.9. The number of fused-ring (bicyclic) bond motifs is 2. The first-order valence-corrected chi connectivity index (χ1v) is 11.9. The van der Waals surface area contributed by atoms with Crippen LogP contribution in [0.5, 0.6) is 0 Å². The molecule has 182 valence electrons. The quantitative estimate of drug-likeness (QED) is 0.348. The van der Waals surface area contributed by atoms with E-state index in [1.54, 1.807) is 36.0 Å². The largest absolute Gasteiger partial charge is 0.490 e. The number of carboxylic acids is 1. The molecule has 0 aromatic heterocycles. The van der Waals surface area contributed by atoms with Crippen LogP contribution in [0.15, 0.2) is 41.3 Å². The summed E-state index contributed by atoms with van der Waals surface area (Å²) in [7, 11) is 0. The van der Waals surface area contributed by atoms with E-state index in [2.05, 4.69) is 11.4 Å². The summed E-state index contributed by atoms with van der Waals surface area (Å²) >= 11 is 8.20. The maximum absolute atomic E-state index is 12.4. The van der Waals surface area contributed by atoms with E-state index in [0.717, 1.165) is 48.0 Å². The summed E-state index contributed by atoms with van der Waals surface area (Å²) in [6.07, 6.45) is -2.33. The van der Waals surface area contributed by atoms with Crippen molar-refractivity contribution in [2.75, 3.05) is 25.4 Å². The minimum absolute atomic E-state index is 0.182. The number of carbonyl (C=O) groups excluding carboxylic acids is 2. The van der Waals surface area contributed by atoms with Crippen molar-refractivity contribution in [3.05, 3.63) is 63.7 Å². The molecule has 0 unspecified atom stereocenters. The summed E-state index contributed by atoms with van der Waals surface area (Å²) in [5.41, 5.74) is 3.74. The lowest BCUT2D eigenvalue weighted by Gasteiger charge is -2.16. The number of nitrogens with zero attached hydrogens (tertiary/aromatic N) is 1. The number of halogens is 4. The monoisotopic (exact) mass is 514 g/mol. The number of hydrogen-bond donors (Lipinski definition) is 2. The smallest absolute Gasteiger partial charge is 0.475 e. The summed E-state index contributed by atoms with van der Waals surface area (Å²) in [5.74, 6) is -2.30. The van der Waals surface area contributed by atoms with Crippen molar-refractivity contribution < 1.29 is 32.7 Å². The zero-order valence-corrected chi connectivity index (χ0v) is 19.5. The van der Waals surface area contributed by atoms with Gasteiger partial charge in [0.05, 0.1) is 16.1 Å². The van der Waals surface area contributed by atoms with Crippen LogP contribution in [0.2, 0.25) is 5.02 Å². The van der Waals surface area contributed by atoms with Crippen LogP contribution in [0.4, 0.5) is 13.2 Å². The van der Waals surface area contributed by atoms with E-state index >= 15 is 0 Å². The molecule has 2 amide bonds. The highest BCUT2D eigenvalue weighted by Crippen LogP contribution is 2.34. The number of amides is 2. The molecule has 0 aliphatic carbocycles.